The van der Waals surface area contributed by atoms with Crippen LogP contribution in [0.4, 0.5) is 0 Å². The second-order valence-electron chi connectivity index (χ2n) is 4.84. The molecule has 0 aliphatic rings. The van der Waals surface area contributed by atoms with E-state index in [1.54, 1.807) is 25.3 Å². The van der Waals surface area contributed by atoms with Crippen LogP contribution in [0.15, 0.2) is 46.9 Å². The minimum absolute atomic E-state index is 0.115. The molecule has 0 amide bonds. The first-order valence-corrected chi connectivity index (χ1v) is 6.72. The van der Waals surface area contributed by atoms with Gasteiger partial charge >= 0.3 is 0 Å². The van der Waals surface area contributed by atoms with Crippen molar-refractivity contribution in [2.24, 2.45) is 0 Å². The number of furan rings is 1. The molecule has 1 heterocycles. The van der Waals surface area contributed by atoms with Gasteiger partial charge in [-0.15, -0.1) is 0 Å². The first-order chi connectivity index (χ1) is 10.2. The number of rotatable bonds is 4. The van der Waals surface area contributed by atoms with Crippen LogP contribution in [0, 0.1) is 0 Å². The van der Waals surface area contributed by atoms with Crippen LogP contribution in [0.3, 0.4) is 0 Å². The number of phenolic OH excluding ortho intramolecular Hbond substituents is 1. The van der Waals surface area contributed by atoms with E-state index >= 15 is 0 Å². The summed E-state index contributed by atoms with van der Waals surface area (Å²) >= 11 is 0. The van der Waals surface area contributed by atoms with E-state index in [-0.39, 0.29) is 12.4 Å². The first-order valence-electron chi connectivity index (χ1n) is 6.72. The summed E-state index contributed by atoms with van der Waals surface area (Å²) in [6, 6.07) is 12.8. The Kier molecular flexibility index (Phi) is 3.54. The van der Waals surface area contributed by atoms with Gasteiger partial charge in [-0.1, -0.05) is 6.07 Å². The molecule has 0 saturated carbocycles. The Morgan fingerprint density at radius 1 is 1.10 bits per heavy atom. The van der Waals surface area contributed by atoms with Crippen molar-refractivity contribution in [3.8, 4) is 22.8 Å². The first kappa shape index (κ1) is 13.5. The molecule has 0 bridgehead atoms. The fourth-order valence-electron chi connectivity index (χ4n) is 2.36. The molecule has 0 radical (unpaired) electrons. The molecule has 108 valence electrons. The number of methoxy groups -OCH3 is 1. The van der Waals surface area contributed by atoms with Crippen molar-refractivity contribution in [2.45, 2.75) is 6.42 Å². The van der Waals surface area contributed by atoms with Crippen molar-refractivity contribution in [3.05, 3.63) is 48.0 Å². The number of benzene rings is 2. The molecule has 0 aliphatic carbocycles. The molecule has 2 N–H and O–H groups in total. The molecule has 3 aromatic rings. The molecule has 3 rings (SSSR count). The second-order valence-corrected chi connectivity index (χ2v) is 4.84. The summed E-state index contributed by atoms with van der Waals surface area (Å²) < 4.78 is 10.9. The van der Waals surface area contributed by atoms with Crippen LogP contribution in [0.5, 0.6) is 11.5 Å². The molecule has 1 aromatic heterocycles. The molecule has 0 atom stereocenters. The Bertz CT molecular complexity index is 774. The zero-order valence-electron chi connectivity index (χ0n) is 11.7. The van der Waals surface area contributed by atoms with E-state index in [9.17, 15) is 5.11 Å². The van der Waals surface area contributed by atoms with Gasteiger partial charge in [-0.05, 0) is 42.3 Å². The van der Waals surface area contributed by atoms with Crippen LogP contribution in [0.1, 0.15) is 5.56 Å². The lowest BCUT2D eigenvalue weighted by Crippen LogP contribution is -1.88. The van der Waals surface area contributed by atoms with Crippen LogP contribution in [0.2, 0.25) is 0 Å². The minimum atomic E-state index is 0.115. The highest BCUT2D eigenvalue weighted by Crippen LogP contribution is 2.35. The van der Waals surface area contributed by atoms with E-state index < -0.39 is 0 Å². The lowest BCUT2D eigenvalue weighted by molar-refractivity contribution is 0.299. The Morgan fingerprint density at radius 3 is 2.67 bits per heavy atom. The highest BCUT2D eigenvalue weighted by molar-refractivity contribution is 5.84. The summed E-state index contributed by atoms with van der Waals surface area (Å²) in [5.41, 5.74) is 2.42. The molecular weight excluding hydrogens is 268 g/mol. The zero-order chi connectivity index (χ0) is 14.8. The Hall–Kier alpha value is -2.46. The maximum absolute atomic E-state index is 10.1. The van der Waals surface area contributed by atoms with Crippen molar-refractivity contribution < 1.29 is 19.4 Å². The molecule has 4 heteroatoms. The molecular formula is C17H16O4. The number of aliphatic hydroxyl groups is 1. The van der Waals surface area contributed by atoms with Gasteiger partial charge in [-0.2, -0.15) is 0 Å². The minimum Gasteiger partial charge on any atom is -0.507 e. The number of hydrogen-bond acceptors (Lipinski definition) is 4. The van der Waals surface area contributed by atoms with E-state index in [0.717, 1.165) is 16.5 Å². The summed E-state index contributed by atoms with van der Waals surface area (Å²) in [5, 5.41) is 20.0. The Balaban J connectivity index is 2.04. The number of hydrogen-bond donors (Lipinski definition) is 2. The van der Waals surface area contributed by atoms with E-state index in [2.05, 4.69) is 0 Å². The third kappa shape index (κ3) is 2.58. The number of aliphatic hydroxyl groups excluding tert-OH is 1. The molecule has 4 nitrogen and oxygen atoms in total. The van der Waals surface area contributed by atoms with Gasteiger partial charge in [0.15, 0.2) is 0 Å². The van der Waals surface area contributed by atoms with Crippen LogP contribution < -0.4 is 4.74 Å². The van der Waals surface area contributed by atoms with Gasteiger partial charge < -0.3 is 19.4 Å². The van der Waals surface area contributed by atoms with E-state index in [4.69, 9.17) is 14.3 Å². The van der Waals surface area contributed by atoms with E-state index in [1.807, 2.05) is 24.3 Å². The largest absolute Gasteiger partial charge is 0.507 e. The highest BCUT2D eigenvalue weighted by atomic mass is 16.5. The quantitative estimate of drug-likeness (QED) is 0.771. The summed E-state index contributed by atoms with van der Waals surface area (Å²) in [6.45, 7) is 0.121. The number of fused-ring (bicyclic) bond motifs is 1. The Morgan fingerprint density at radius 2 is 1.95 bits per heavy atom. The van der Waals surface area contributed by atoms with Crippen molar-refractivity contribution in [1.29, 1.82) is 0 Å². The molecule has 2 aromatic carbocycles. The third-order valence-corrected chi connectivity index (χ3v) is 3.45. The topological polar surface area (TPSA) is 62.8 Å². The van der Waals surface area contributed by atoms with Gasteiger partial charge in [-0.3, -0.25) is 0 Å². The van der Waals surface area contributed by atoms with Crippen LogP contribution >= 0.6 is 0 Å². The van der Waals surface area contributed by atoms with Crippen molar-refractivity contribution in [2.75, 3.05) is 13.7 Å². The van der Waals surface area contributed by atoms with Crippen LogP contribution in [-0.2, 0) is 6.42 Å². The van der Waals surface area contributed by atoms with Crippen molar-refractivity contribution in [3.63, 3.8) is 0 Å². The maximum Gasteiger partial charge on any atom is 0.139 e. The predicted molar refractivity (Wildman–Crippen MR) is 80.7 cm³/mol. The summed E-state index contributed by atoms with van der Waals surface area (Å²) in [4.78, 5) is 0. The molecule has 0 unspecified atom stereocenters. The summed E-state index contributed by atoms with van der Waals surface area (Å²) in [6.07, 6.45) is 0.615. The van der Waals surface area contributed by atoms with E-state index in [1.165, 1.54) is 0 Å². The van der Waals surface area contributed by atoms with Gasteiger partial charge in [0.1, 0.15) is 22.8 Å². The van der Waals surface area contributed by atoms with Gasteiger partial charge in [0, 0.05) is 18.1 Å². The number of phenols is 1. The van der Waals surface area contributed by atoms with Crippen molar-refractivity contribution >= 4 is 11.0 Å². The average Bonchev–Trinajstić information content (AvgIpc) is 2.90. The standard InChI is InChI=1S/C17H16O4/c1-20-13-3-4-14(15(19)10-13)17-9-12-8-11(6-7-18)2-5-16(12)21-17/h2-5,8-10,18-19H,6-7H2,1H3. The Labute approximate surface area is 122 Å². The molecule has 0 aliphatic heterocycles. The van der Waals surface area contributed by atoms with Crippen LogP contribution in [-0.4, -0.2) is 23.9 Å². The second kappa shape index (κ2) is 5.50. The van der Waals surface area contributed by atoms with Gasteiger partial charge in [0.05, 0.1) is 12.7 Å². The van der Waals surface area contributed by atoms with Crippen LogP contribution in [0.25, 0.3) is 22.3 Å². The highest BCUT2D eigenvalue weighted by Gasteiger charge is 2.11. The number of aromatic hydroxyl groups is 1. The summed E-state index contributed by atoms with van der Waals surface area (Å²) in [7, 11) is 1.55. The SMILES string of the molecule is COc1ccc(-c2cc3cc(CCO)ccc3o2)c(O)c1. The van der Waals surface area contributed by atoms with Gasteiger partial charge in [0.2, 0.25) is 0 Å². The maximum atomic E-state index is 10.1. The van der Waals surface area contributed by atoms with Crippen molar-refractivity contribution in [1.82, 2.24) is 0 Å². The molecule has 0 spiro atoms. The average molecular weight is 284 g/mol. The lowest BCUT2D eigenvalue weighted by Gasteiger charge is -2.04. The smallest absolute Gasteiger partial charge is 0.139 e. The fraction of sp³-hybridized carbons (Fsp3) is 0.176. The molecule has 21 heavy (non-hydrogen) atoms. The summed E-state index contributed by atoms with van der Waals surface area (Å²) in [5.74, 6) is 1.31. The monoisotopic (exact) mass is 284 g/mol. The third-order valence-electron chi connectivity index (χ3n) is 3.45. The van der Waals surface area contributed by atoms with E-state index in [0.29, 0.717) is 23.5 Å². The lowest BCUT2D eigenvalue weighted by atomic mass is 10.1. The normalized spacial score (nSPS) is 11.0. The zero-order valence-corrected chi connectivity index (χ0v) is 11.7. The predicted octanol–water partition coefficient (Wildman–Crippen LogP) is 3.35. The molecule has 0 fully saturated rings. The fourth-order valence-corrected chi connectivity index (χ4v) is 2.36. The van der Waals surface area contributed by atoms with Gasteiger partial charge in [0.25, 0.3) is 0 Å². The van der Waals surface area contributed by atoms with Gasteiger partial charge in [-0.25, -0.2) is 0 Å². The number of ether oxygens (including phenoxy) is 1. The molecule has 0 saturated heterocycles.